The van der Waals surface area contributed by atoms with Crippen molar-refractivity contribution in [3.63, 3.8) is 0 Å². The van der Waals surface area contributed by atoms with Gasteiger partial charge < -0.3 is 5.11 Å². The van der Waals surface area contributed by atoms with E-state index in [2.05, 4.69) is 25.8 Å². The summed E-state index contributed by atoms with van der Waals surface area (Å²) in [5.74, 6) is -0.0404. The highest BCUT2D eigenvalue weighted by Gasteiger charge is 2.13. The van der Waals surface area contributed by atoms with Crippen molar-refractivity contribution in [2.45, 2.75) is 26.2 Å². The van der Waals surface area contributed by atoms with E-state index in [9.17, 15) is 15.2 Å². The molecule has 2 aromatic rings. The lowest BCUT2D eigenvalue weighted by molar-refractivity contribution is -0.384. The predicted molar refractivity (Wildman–Crippen MR) is 87.2 cm³/mol. The Balaban J connectivity index is 2.33. The molecule has 114 valence electrons. The minimum atomic E-state index is -0.503. The Morgan fingerprint density at radius 2 is 1.91 bits per heavy atom. The Labute approximate surface area is 129 Å². The zero-order chi connectivity index (χ0) is 16.3. The molecule has 0 saturated carbocycles. The number of aromatic hydroxyl groups is 1. The molecule has 2 aromatic carbocycles. The lowest BCUT2D eigenvalue weighted by Gasteiger charge is -2.18. The number of phenols is 1. The fraction of sp³-hybridized carbons (Fsp3) is 0.235. The molecule has 1 N–H and O–H groups in total. The van der Waals surface area contributed by atoms with Gasteiger partial charge in [-0.1, -0.05) is 32.9 Å². The van der Waals surface area contributed by atoms with E-state index < -0.39 is 4.92 Å². The highest BCUT2D eigenvalue weighted by Crippen LogP contribution is 2.26. The molecular formula is C17H18N2O3. The van der Waals surface area contributed by atoms with E-state index in [1.807, 2.05) is 24.3 Å². The Morgan fingerprint density at radius 3 is 2.55 bits per heavy atom. The molecule has 0 aliphatic heterocycles. The molecular weight excluding hydrogens is 280 g/mol. The van der Waals surface area contributed by atoms with Crippen LogP contribution in [0.3, 0.4) is 0 Å². The number of non-ortho nitro benzene ring substituents is 1. The second kappa shape index (κ2) is 5.97. The van der Waals surface area contributed by atoms with Gasteiger partial charge in [0.1, 0.15) is 5.75 Å². The number of phenolic OH excluding ortho intramolecular Hbond substituents is 1. The first-order valence-corrected chi connectivity index (χ1v) is 6.89. The second-order valence-electron chi connectivity index (χ2n) is 6.06. The molecule has 2 rings (SSSR count). The van der Waals surface area contributed by atoms with E-state index in [0.29, 0.717) is 5.56 Å². The fourth-order valence-corrected chi connectivity index (χ4v) is 1.96. The summed E-state index contributed by atoms with van der Waals surface area (Å²) in [6.07, 6.45) is 1.43. The number of hydrogen-bond acceptors (Lipinski definition) is 4. The van der Waals surface area contributed by atoms with Gasteiger partial charge in [-0.05, 0) is 29.2 Å². The average molecular weight is 298 g/mol. The molecule has 0 spiro atoms. The predicted octanol–water partition coefficient (Wildman–Crippen LogP) is 4.35. The summed E-state index contributed by atoms with van der Waals surface area (Å²) >= 11 is 0. The SMILES string of the molecule is CC(C)(C)c1cccc(N=Cc2cc([N+](=O)[O-])ccc2O)c1. The molecule has 0 aliphatic carbocycles. The topological polar surface area (TPSA) is 75.7 Å². The zero-order valence-electron chi connectivity index (χ0n) is 12.8. The number of rotatable bonds is 3. The van der Waals surface area contributed by atoms with Crippen molar-refractivity contribution in [3.8, 4) is 5.75 Å². The summed E-state index contributed by atoms with van der Waals surface area (Å²) in [6.45, 7) is 6.34. The van der Waals surface area contributed by atoms with Crippen LogP contribution in [0.5, 0.6) is 5.75 Å². The maximum atomic E-state index is 10.8. The summed E-state index contributed by atoms with van der Waals surface area (Å²) in [5.41, 5.74) is 2.13. The van der Waals surface area contributed by atoms with Gasteiger partial charge in [0, 0.05) is 23.9 Å². The molecule has 0 unspecified atom stereocenters. The van der Waals surface area contributed by atoms with E-state index in [0.717, 1.165) is 11.3 Å². The van der Waals surface area contributed by atoms with Gasteiger partial charge in [0.2, 0.25) is 0 Å². The zero-order valence-corrected chi connectivity index (χ0v) is 12.8. The van der Waals surface area contributed by atoms with Gasteiger partial charge in [0.05, 0.1) is 10.6 Å². The van der Waals surface area contributed by atoms with Gasteiger partial charge in [-0.2, -0.15) is 0 Å². The molecule has 0 radical (unpaired) electrons. The first-order valence-electron chi connectivity index (χ1n) is 6.89. The van der Waals surface area contributed by atoms with Crippen molar-refractivity contribution in [1.82, 2.24) is 0 Å². The van der Waals surface area contributed by atoms with Crippen LogP contribution < -0.4 is 0 Å². The molecule has 0 bridgehead atoms. The lowest BCUT2D eigenvalue weighted by Crippen LogP contribution is -2.10. The quantitative estimate of drug-likeness (QED) is 0.520. The van der Waals surface area contributed by atoms with Crippen LogP contribution in [0.4, 0.5) is 11.4 Å². The monoisotopic (exact) mass is 298 g/mol. The Hall–Kier alpha value is -2.69. The van der Waals surface area contributed by atoms with Gasteiger partial charge in [-0.15, -0.1) is 0 Å². The fourth-order valence-electron chi connectivity index (χ4n) is 1.96. The molecule has 0 fully saturated rings. The molecule has 0 aromatic heterocycles. The standard InChI is InChI=1S/C17H18N2O3/c1-17(2,3)13-5-4-6-14(10-13)18-11-12-9-15(19(21)22)7-8-16(12)20/h4-11,20H,1-3H3. The van der Waals surface area contributed by atoms with Gasteiger partial charge in [-0.3, -0.25) is 15.1 Å². The summed E-state index contributed by atoms with van der Waals surface area (Å²) in [6, 6.07) is 11.6. The smallest absolute Gasteiger partial charge is 0.270 e. The highest BCUT2D eigenvalue weighted by molar-refractivity contribution is 5.86. The number of aliphatic imine (C=N–C) groups is 1. The summed E-state index contributed by atoms with van der Waals surface area (Å²) in [7, 11) is 0. The lowest BCUT2D eigenvalue weighted by atomic mass is 9.87. The maximum absolute atomic E-state index is 10.8. The molecule has 0 saturated heterocycles. The Morgan fingerprint density at radius 1 is 1.18 bits per heavy atom. The molecule has 0 amide bonds. The van der Waals surface area contributed by atoms with Crippen LogP contribution in [0.2, 0.25) is 0 Å². The van der Waals surface area contributed by atoms with E-state index in [1.54, 1.807) is 0 Å². The number of benzene rings is 2. The minimum absolute atomic E-state index is 0.0131. The Bertz CT molecular complexity index is 731. The van der Waals surface area contributed by atoms with Crippen LogP contribution in [0.15, 0.2) is 47.5 Å². The van der Waals surface area contributed by atoms with Crippen LogP contribution >= 0.6 is 0 Å². The minimum Gasteiger partial charge on any atom is -0.507 e. The van der Waals surface area contributed by atoms with Crippen molar-refractivity contribution in [3.05, 3.63) is 63.7 Å². The van der Waals surface area contributed by atoms with Crippen molar-refractivity contribution in [2.75, 3.05) is 0 Å². The normalized spacial score (nSPS) is 11.8. The molecule has 0 heterocycles. The molecule has 5 heteroatoms. The molecule has 5 nitrogen and oxygen atoms in total. The van der Waals surface area contributed by atoms with Gasteiger partial charge in [0.15, 0.2) is 0 Å². The third-order valence-corrected chi connectivity index (χ3v) is 3.29. The maximum Gasteiger partial charge on any atom is 0.270 e. The average Bonchev–Trinajstić information content (AvgIpc) is 2.45. The summed E-state index contributed by atoms with van der Waals surface area (Å²) in [4.78, 5) is 14.6. The van der Waals surface area contributed by atoms with E-state index in [-0.39, 0.29) is 16.9 Å². The molecule has 0 atom stereocenters. The Kier molecular flexibility index (Phi) is 4.26. The van der Waals surface area contributed by atoms with Gasteiger partial charge >= 0.3 is 0 Å². The van der Waals surface area contributed by atoms with E-state index in [1.165, 1.54) is 24.4 Å². The van der Waals surface area contributed by atoms with Crippen LogP contribution in [0.25, 0.3) is 0 Å². The van der Waals surface area contributed by atoms with Crippen molar-refractivity contribution in [1.29, 1.82) is 0 Å². The van der Waals surface area contributed by atoms with Gasteiger partial charge in [-0.25, -0.2) is 0 Å². The third-order valence-electron chi connectivity index (χ3n) is 3.29. The van der Waals surface area contributed by atoms with E-state index >= 15 is 0 Å². The summed E-state index contributed by atoms with van der Waals surface area (Å²) < 4.78 is 0. The molecule has 22 heavy (non-hydrogen) atoms. The number of hydrogen-bond donors (Lipinski definition) is 1. The van der Waals surface area contributed by atoms with Crippen molar-refractivity contribution in [2.24, 2.45) is 4.99 Å². The van der Waals surface area contributed by atoms with Crippen molar-refractivity contribution >= 4 is 17.6 Å². The van der Waals surface area contributed by atoms with Crippen LogP contribution in [-0.4, -0.2) is 16.2 Å². The number of nitro groups is 1. The largest absolute Gasteiger partial charge is 0.507 e. The number of nitrogens with zero attached hydrogens (tertiary/aromatic N) is 2. The van der Waals surface area contributed by atoms with Gasteiger partial charge in [0.25, 0.3) is 5.69 Å². The van der Waals surface area contributed by atoms with Crippen molar-refractivity contribution < 1.29 is 10.0 Å². The third kappa shape index (κ3) is 3.69. The number of nitro benzene ring substituents is 1. The second-order valence-corrected chi connectivity index (χ2v) is 6.06. The van der Waals surface area contributed by atoms with Crippen LogP contribution in [0, 0.1) is 10.1 Å². The van der Waals surface area contributed by atoms with Crippen LogP contribution in [-0.2, 0) is 5.41 Å². The first kappa shape index (κ1) is 15.7. The molecule has 0 aliphatic rings. The van der Waals surface area contributed by atoms with Crippen LogP contribution in [0.1, 0.15) is 31.9 Å². The first-order chi connectivity index (χ1) is 10.3. The summed E-state index contributed by atoms with van der Waals surface area (Å²) in [5, 5.41) is 20.5. The highest BCUT2D eigenvalue weighted by atomic mass is 16.6. The van der Waals surface area contributed by atoms with E-state index in [4.69, 9.17) is 0 Å².